The van der Waals surface area contributed by atoms with Gasteiger partial charge in [0.2, 0.25) is 0 Å². The lowest BCUT2D eigenvalue weighted by Crippen LogP contribution is -2.43. The average Bonchev–Trinajstić information content (AvgIpc) is 2.15. The van der Waals surface area contributed by atoms with E-state index in [1.165, 1.54) is 32.2 Å². The summed E-state index contributed by atoms with van der Waals surface area (Å²) in [5, 5.41) is 3.60. The Bertz CT molecular complexity index is 128. The van der Waals surface area contributed by atoms with Crippen molar-refractivity contribution >= 4 is 0 Å². The van der Waals surface area contributed by atoms with Gasteiger partial charge in [-0.1, -0.05) is 20.3 Å². The Labute approximate surface area is 82.3 Å². The van der Waals surface area contributed by atoms with Crippen molar-refractivity contribution in [2.24, 2.45) is 17.6 Å². The van der Waals surface area contributed by atoms with E-state index in [4.69, 9.17) is 5.73 Å². The lowest BCUT2D eigenvalue weighted by Gasteiger charge is -2.31. The lowest BCUT2D eigenvalue weighted by molar-refractivity contribution is 0.265. The quantitative estimate of drug-likeness (QED) is 0.698. The third-order valence-electron chi connectivity index (χ3n) is 2.99. The molecule has 0 aromatic carbocycles. The standard InChI is InChI=1S/C11H24N2/c1-9(2)7-10(8-12)11-5-3-4-6-13-11/h9-11,13H,3-8,12H2,1-2H3. The van der Waals surface area contributed by atoms with Crippen molar-refractivity contribution in [3.63, 3.8) is 0 Å². The number of hydrogen-bond donors (Lipinski definition) is 2. The molecule has 1 heterocycles. The minimum atomic E-state index is 0.695. The van der Waals surface area contributed by atoms with Crippen LogP contribution in [0.25, 0.3) is 0 Å². The van der Waals surface area contributed by atoms with Crippen LogP contribution in [0.4, 0.5) is 0 Å². The Morgan fingerprint density at radius 1 is 1.38 bits per heavy atom. The summed E-state index contributed by atoms with van der Waals surface area (Å²) < 4.78 is 0. The number of nitrogens with two attached hydrogens (primary N) is 1. The van der Waals surface area contributed by atoms with E-state index in [-0.39, 0.29) is 0 Å². The molecule has 2 unspecified atom stereocenters. The molecule has 1 rings (SSSR count). The second-order valence-electron chi connectivity index (χ2n) is 4.68. The summed E-state index contributed by atoms with van der Waals surface area (Å²) in [6, 6.07) is 0.696. The molecule has 0 radical (unpaired) electrons. The van der Waals surface area contributed by atoms with Crippen molar-refractivity contribution in [1.29, 1.82) is 0 Å². The van der Waals surface area contributed by atoms with Crippen LogP contribution in [0, 0.1) is 11.8 Å². The van der Waals surface area contributed by atoms with Gasteiger partial charge in [0.1, 0.15) is 0 Å². The average molecular weight is 184 g/mol. The minimum Gasteiger partial charge on any atom is -0.330 e. The second-order valence-corrected chi connectivity index (χ2v) is 4.68. The van der Waals surface area contributed by atoms with Crippen LogP contribution >= 0.6 is 0 Å². The Balaban J connectivity index is 2.34. The van der Waals surface area contributed by atoms with Crippen molar-refractivity contribution in [2.75, 3.05) is 13.1 Å². The highest BCUT2D eigenvalue weighted by Crippen LogP contribution is 2.20. The molecule has 0 saturated carbocycles. The number of nitrogens with one attached hydrogen (secondary N) is 1. The summed E-state index contributed by atoms with van der Waals surface area (Å²) in [7, 11) is 0. The van der Waals surface area contributed by atoms with Crippen molar-refractivity contribution in [2.45, 2.75) is 45.6 Å². The molecule has 2 nitrogen and oxygen atoms in total. The third kappa shape index (κ3) is 3.65. The molecule has 0 spiro atoms. The first-order valence-electron chi connectivity index (χ1n) is 5.67. The summed E-state index contributed by atoms with van der Waals surface area (Å²) in [5.74, 6) is 1.47. The predicted octanol–water partition coefficient (Wildman–Crippen LogP) is 1.75. The van der Waals surface area contributed by atoms with E-state index in [1.807, 2.05) is 0 Å². The predicted molar refractivity (Wildman–Crippen MR) is 57.6 cm³/mol. The van der Waals surface area contributed by atoms with Crippen LogP contribution in [0.3, 0.4) is 0 Å². The van der Waals surface area contributed by atoms with Crippen molar-refractivity contribution < 1.29 is 0 Å². The fourth-order valence-corrected chi connectivity index (χ4v) is 2.31. The molecule has 1 saturated heterocycles. The van der Waals surface area contributed by atoms with Gasteiger partial charge in [-0.2, -0.15) is 0 Å². The van der Waals surface area contributed by atoms with Crippen LogP contribution in [0.1, 0.15) is 39.5 Å². The van der Waals surface area contributed by atoms with Gasteiger partial charge in [0.15, 0.2) is 0 Å². The van der Waals surface area contributed by atoms with Crippen LogP contribution in [0.5, 0.6) is 0 Å². The fourth-order valence-electron chi connectivity index (χ4n) is 2.31. The molecular weight excluding hydrogens is 160 g/mol. The van der Waals surface area contributed by atoms with Crippen LogP contribution in [-0.2, 0) is 0 Å². The van der Waals surface area contributed by atoms with Crippen molar-refractivity contribution in [1.82, 2.24) is 5.32 Å². The van der Waals surface area contributed by atoms with Gasteiger partial charge in [-0.3, -0.25) is 0 Å². The highest BCUT2D eigenvalue weighted by atomic mass is 14.9. The summed E-state index contributed by atoms with van der Waals surface area (Å²) >= 11 is 0. The molecule has 13 heavy (non-hydrogen) atoms. The SMILES string of the molecule is CC(C)CC(CN)C1CCCCN1. The van der Waals surface area contributed by atoms with E-state index in [0.29, 0.717) is 12.0 Å². The molecule has 0 bridgehead atoms. The Hall–Kier alpha value is -0.0800. The monoisotopic (exact) mass is 184 g/mol. The van der Waals surface area contributed by atoms with Gasteiger partial charge in [0.25, 0.3) is 0 Å². The van der Waals surface area contributed by atoms with E-state index in [2.05, 4.69) is 19.2 Å². The molecule has 1 fully saturated rings. The van der Waals surface area contributed by atoms with Crippen molar-refractivity contribution in [3.05, 3.63) is 0 Å². The summed E-state index contributed by atoms with van der Waals surface area (Å²) in [6.07, 6.45) is 5.32. The van der Waals surface area contributed by atoms with Crippen LogP contribution in [-0.4, -0.2) is 19.1 Å². The topological polar surface area (TPSA) is 38.0 Å². The zero-order valence-electron chi connectivity index (χ0n) is 9.05. The van der Waals surface area contributed by atoms with Crippen LogP contribution in [0.2, 0.25) is 0 Å². The molecule has 0 aliphatic carbocycles. The number of piperidine rings is 1. The maximum absolute atomic E-state index is 5.81. The fraction of sp³-hybridized carbons (Fsp3) is 1.00. The van der Waals surface area contributed by atoms with Gasteiger partial charge in [-0.25, -0.2) is 0 Å². The molecule has 2 atom stereocenters. The zero-order chi connectivity index (χ0) is 9.68. The van der Waals surface area contributed by atoms with Gasteiger partial charge in [-0.15, -0.1) is 0 Å². The Morgan fingerprint density at radius 3 is 2.62 bits per heavy atom. The first-order valence-corrected chi connectivity index (χ1v) is 5.67. The molecule has 1 aliphatic heterocycles. The second kappa shape index (κ2) is 5.61. The van der Waals surface area contributed by atoms with Gasteiger partial charge < -0.3 is 11.1 Å². The summed E-state index contributed by atoms with van der Waals surface area (Å²) in [5.41, 5.74) is 5.81. The smallest absolute Gasteiger partial charge is 0.0107 e. The first kappa shape index (κ1) is 11.0. The Morgan fingerprint density at radius 2 is 2.15 bits per heavy atom. The molecule has 2 heteroatoms. The summed E-state index contributed by atoms with van der Waals surface area (Å²) in [4.78, 5) is 0. The Kier molecular flexibility index (Phi) is 4.74. The van der Waals surface area contributed by atoms with Gasteiger partial charge in [0.05, 0.1) is 0 Å². The largest absolute Gasteiger partial charge is 0.330 e. The van der Waals surface area contributed by atoms with Crippen LogP contribution in [0.15, 0.2) is 0 Å². The molecular formula is C11H24N2. The summed E-state index contributed by atoms with van der Waals surface area (Å²) in [6.45, 7) is 6.60. The van der Waals surface area contributed by atoms with E-state index in [9.17, 15) is 0 Å². The molecule has 0 aromatic rings. The molecule has 1 aliphatic rings. The maximum atomic E-state index is 5.81. The van der Waals surface area contributed by atoms with Gasteiger partial charge in [-0.05, 0) is 44.2 Å². The normalized spacial score (nSPS) is 26.3. The lowest BCUT2D eigenvalue weighted by atomic mass is 9.86. The highest BCUT2D eigenvalue weighted by molar-refractivity contribution is 4.80. The van der Waals surface area contributed by atoms with Crippen molar-refractivity contribution in [3.8, 4) is 0 Å². The molecule has 0 aromatic heterocycles. The zero-order valence-corrected chi connectivity index (χ0v) is 9.05. The molecule has 0 amide bonds. The van der Waals surface area contributed by atoms with Crippen LogP contribution < -0.4 is 11.1 Å². The maximum Gasteiger partial charge on any atom is 0.0107 e. The highest BCUT2D eigenvalue weighted by Gasteiger charge is 2.22. The first-order chi connectivity index (χ1) is 6.24. The molecule has 78 valence electrons. The van der Waals surface area contributed by atoms with E-state index in [0.717, 1.165) is 12.5 Å². The molecule has 3 N–H and O–H groups in total. The van der Waals surface area contributed by atoms with Gasteiger partial charge >= 0.3 is 0 Å². The number of rotatable bonds is 4. The van der Waals surface area contributed by atoms with Gasteiger partial charge in [0, 0.05) is 6.04 Å². The third-order valence-corrected chi connectivity index (χ3v) is 2.99. The minimum absolute atomic E-state index is 0.695. The van der Waals surface area contributed by atoms with E-state index in [1.54, 1.807) is 0 Å². The van der Waals surface area contributed by atoms with E-state index >= 15 is 0 Å². The number of hydrogen-bond acceptors (Lipinski definition) is 2. The van der Waals surface area contributed by atoms with E-state index < -0.39 is 0 Å².